The summed E-state index contributed by atoms with van der Waals surface area (Å²) in [6.45, 7) is 1.36. The van der Waals surface area contributed by atoms with Gasteiger partial charge in [0.25, 0.3) is 0 Å². The number of aryl methyl sites for hydroxylation is 1. The minimum atomic E-state index is -4.51. The number of carbonyl (C=O) groups excluding carboxylic acids is 1. The Bertz CT molecular complexity index is 1090. The molecule has 0 spiro atoms. The number of rotatable bonds is 4. The zero-order valence-corrected chi connectivity index (χ0v) is 16.5. The Kier molecular flexibility index (Phi) is 5.08. The summed E-state index contributed by atoms with van der Waals surface area (Å²) >= 11 is 0. The van der Waals surface area contributed by atoms with E-state index in [9.17, 15) is 18.0 Å². The molecule has 2 unspecified atom stereocenters. The SMILES string of the molecule is Cc1ccc(C2(C(N)=O)CC(C(F)(F)F)CN2c2ncccn2)cc1-c1cccnn1. The predicted octanol–water partition coefficient (Wildman–Crippen LogP) is 3.01. The summed E-state index contributed by atoms with van der Waals surface area (Å²) in [7, 11) is 0. The number of benzene rings is 1. The molecule has 4 rings (SSSR count). The Balaban J connectivity index is 1.92. The van der Waals surface area contributed by atoms with Gasteiger partial charge in [-0.2, -0.15) is 23.4 Å². The van der Waals surface area contributed by atoms with Crippen molar-refractivity contribution in [2.75, 3.05) is 11.4 Å². The van der Waals surface area contributed by atoms with Crippen LogP contribution in [-0.2, 0) is 10.3 Å². The van der Waals surface area contributed by atoms with Crippen molar-refractivity contribution in [2.45, 2.75) is 25.1 Å². The Morgan fingerprint density at radius 2 is 1.90 bits per heavy atom. The van der Waals surface area contributed by atoms with Gasteiger partial charge >= 0.3 is 6.18 Å². The van der Waals surface area contributed by atoms with Gasteiger partial charge in [-0.3, -0.25) is 4.79 Å². The van der Waals surface area contributed by atoms with E-state index in [1.165, 1.54) is 23.5 Å². The zero-order chi connectivity index (χ0) is 22.2. The van der Waals surface area contributed by atoms with Crippen LogP contribution in [0.5, 0.6) is 0 Å². The average molecular weight is 428 g/mol. The molecule has 1 aromatic carbocycles. The predicted molar refractivity (Wildman–Crippen MR) is 107 cm³/mol. The van der Waals surface area contributed by atoms with Crippen molar-refractivity contribution in [3.05, 3.63) is 66.1 Å². The lowest BCUT2D eigenvalue weighted by molar-refractivity contribution is -0.170. The van der Waals surface area contributed by atoms with Gasteiger partial charge in [-0.1, -0.05) is 12.1 Å². The average Bonchev–Trinajstić information content (AvgIpc) is 3.18. The van der Waals surface area contributed by atoms with Crippen LogP contribution in [0.1, 0.15) is 17.5 Å². The number of aromatic nitrogens is 4. The molecule has 1 fully saturated rings. The first-order chi connectivity index (χ1) is 14.7. The highest BCUT2D eigenvalue weighted by Crippen LogP contribution is 2.48. The van der Waals surface area contributed by atoms with E-state index >= 15 is 0 Å². The highest BCUT2D eigenvalue weighted by Gasteiger charge is 2.59. The Labute approximate surface area is 176 Å². The number of halogens is 3. The Morgan fingerprint density at radius 1 is 1.16 bits per heavy atom. The summed E-state index contributed by atoms with van der Waals surface area (Å²) in [5.41, 5.74) is 6.36. The fraction of sp³-hybridized carbons (Fsp3) is 0.286. The molecule has 3 heterocycles. The molecule has 3 aromatic rings. The summed E-state index contributed by atoms with van der Waals surface area (Å²) < 4.78 is 41.2. The first kappa shape index (κ1) is 20.7. The molecule has 7 nitrogen and oxygen atoms in total. The molecule has 10 heteroatoms. The van der Waals surface area contributed by atoms with Gasteiger partial charge in [0.2, 0.25) is 11.9 Å². The van der Waals surface area contributed by atoms with E-state index < -0.39 is 36.5 Å². The number of primary amides is 1. The molecule has 160 valence electrons. The highest BCUT2D eigenvalue weighted by molar-refractivity contribution is 5.91. The second kappa shape index (κ2) is 7.60. The van der Waals surface area contributed by atoms with Gasteiger partial charge in [0.05, 0.1) is 11.6 Å². The smallest absolute Gasteiger partial charge is 0.367 e. The third kappa shape index (κ3) is 3.58. The minimum absolute atomic E-state index is 0.00896. The lowest BCUT2D eigenvalue weighted by Crippen LogP contribution is -2.52. The van der Waals surface area contributed by atoms with Crippen molar-refractivity contribution in [1.82, 2.24) is 20.2 Å². The number of hydrogen-bond donors (Lipinski definition) is 1. The van der Waals surface area contributed by atoms with E-state index in [0.29, 0.717) is 16.8 Å². The summed E-state index contributed by atoms with van der Waals surface area (Å²) in [6.07, 6.45) is -0.701. The van der Waals surface area contributed by atoms with Gasteiger partial charge in [-0.05, 0) is 48.7 Å². The van der Waals surface area contributed by atoms with Crippen molar-refractivity contribution in [3.8, 4) is 11.3 Å². The lowest BCUT2D eigenvalue weighted by Gasteiger charge is -2.36. The maximum atomic E-state index is 13.7. The van der Waals surface area contributed by atoms with Crippen molar-refractivity contribution in [2.24, 2.45) is 11.7 Å². The quantitative estimate of drug-likeness (QED) is 0.686. The van der Waals surface area contributed by atoms with Crippen LogP contribution in [0, 0.1) is 12.8 Å². The van der Waals surface area contributed by atoms with Crippen LogP contribution in [0.4, 0.5) is 19.1 Å². The molecule has 2 N–H and O–H groups in total. The van der Waals surface area contributed by atoms with Crippen LogP contribution in [0.15, 0.2) is 55.0 Å². The Hall–Kier alpha value is -3.56. The third-order valence-corrected chi connectivity index (χ3v) is 5.63. The third-order valence-electron chi connectivity index (χ3n) is 5.63. The molecule has 0 radical (unpaired) electrons. The van der Waals surface area contributed by atoms with Crippen LogP contribution in [0.3, 0.4) is 0 Å². The maximum Gasteiger partial charge on any atom is 0.393 e. The van der Waals surface area contributed by atoms with Crippen LogP contribution in [0.2, 0.25) is 0 Å². The first-order valence-corrected chi connectivity index (χ1v) is 9.54. The summed E-state index contributed by atoms with van der Waals surface area (Å²) in [5, 5.41) is 7.96. The van der Waals surface area contributed by atoms with Gasteiger partial charge in [0, 0.05) is 30.7 Å². The topological polar surface area (TPSA) is 97.9 Å². The molecule has 1 aliphatic heterocycles. The fourth-order valence-corrected chi connectivity index (χ4v) is 4.06. The van der Waals surface area contributed by atoms with Crippen LogP contribution in [0.25, 0.3) is 11.3 Å². The molecule has 0 aliphatic carbocycles. The minimum Gasteiger partial charge on any atom is -0.367 e. The standard InChI is InChI=1S/C21H19F3N6O/c1-13-5-6-14(10-16(13)17-4-2-9-28-29-17)20(18(25)31)11-15(21(22,23)24)12-30(20)19-26-7-3-8-27-19/h2-10,15H,11-12H2,1H3,(H2,25,31). The van der Waals surface area contributed by atoms with Crippen molar-refractivity contribution < 1.29 is 18.0 Å². The number of nitrogens with zero attached hydrogens (tertiary/aromatic N) is 5. The molecular weight excluding hydrogens is 409 g/mol. The normalized spacial score (nSPS) is 21.3. The van der Waals surface area contributed by atoms with Crippen LogP contribution in [-0.4, -0.2) is 38.8 Å². The van der Waals surface area contributed by atoms with Crippen molar-refractivity contribution in [1.29, 1.82) is 0 Å². The maximum absolute atomic E-state index is 13.7. The van der Waals surface area contributed by atoms with E-state index in [1.54, 1.807) is 36.4 Å². The van der Waals surface area contributed by atoms with Gasteiger partial charge in [0.15, 0.2) is 0 Å². The van der Waals surface area contributed by atoms with Crippen molar-refractivity contribution >= 4 is 11.9 Å². The van der Waals surface area contributed by atoms with E-state index in [4.69, 9.17) is 5.73 Å². The fourth-order valence-electron chi connectivity index (χ4n) is 4.06. The number of amides is 1. The molecule has 2 aromatic heterocycles. The molecule has 1 saturated heterocycles. The van der Waals surface area contributed by atoms with Gasteiger partial charge in [-0.25, -0.2) is 9.97 Å². The van der Waals surface area contributed by atoms with Gasteiger partial charge in [-0.15, -0.1) is 0 Å². The Morgan fingerprint density at radius 3 is 2.52 bits per heavy atom. The van der Waals surface area contributed by atoms with E-state index in [0.717, 1.165) is 5.56 Å². The molecule has 31 heavy (non-hydrogen) atoms. The monoisotopic (exact) mass is 428 g/mol. The van der Waals surface area contributed by atoms with Crippen LogP contribution >= 0.6 is 0 Å². The second-order valence-corrected chi connectivity index (χ2v) is 7.47. The van der Waals surface area contributed by atoms with Crippen molar-refractivity contribution in [3.63, 3.8) is 0 Å². The van der Waals surface area contributed by atoms with Crippen LogP contribution < -0.4 is 10.6 Å². The highest BCUT2D eigenvalue weighted by atomic mass is 19.4. The molecule has 2 atom stereocenters. The van der Waals surface area contributed by atoms with Gasteiger partial charge in [0.1, 0.15) is 5.54 Å². The summed E-state index contributed by atoms with van der Waals surface area (Å²) in [5.74, 6) is -2.67. The number of alkyl halides is 3. The number of hydrogen-bond acceptors (Lipinski definition) is 6. The lowest BCUT2D eigenvalue weighted by atomic mass is 9.82. The molecule has 1 aliphatic rings. The number of carbonyl (C=O) groups is 1. The largest absolute Gasteiger partial charge is 0.393 e. The second-order valence-electron chi connectivity index (χ2n) is 7.47. The number of nitrogens with two attached hydrogens (primary N) is 1. The van der Waals surface area contributed by atoms with E-state index in [1.807, 2.05) is 6.92 Å². The molecule has 0 bridgehead atoms. The summed E-state index contributed by atoms with van der Waals surface area (Å²) in [6, 6.07) is 9.99. The van der Waals surface area contributed by atoms with E-state index in [-0.39, 0.29) is 5.95 Å². The first-order valence-electron chi connectivity index (χ1n) is 9.54. The summed E-state index contributed by atoms with van der Waals surface area (Å²) in [4.78, 5) is 22.3. The number of anilines is 1. The van der Waals surface area contributed by atoms with E-state index in [2.05, 4.69) is 20.2 Å². The molecular formula is C21H19F3N6O. The molecule has 0 saturated carbocycles. The van der Waals surface area contributed by atoms with Gasteiger partial charge < -0.3 is 10.6 Å². The zero-order valence-electron chi connectivity index (χ0n) is 16.5. The molecule has 1 amide bonds.